The van der Waals surface area contributed by atoms with Crippen molar-refractivity contribution in [1.82, 2.24) is 4.90 Å². The molecule has 0 aliphatic carbocycles. The van der Waals surface area contributed by atoms with Crippen molar-refractivity contribution in [1.29, 1.82) is 0 Å². The molecule has 2 aliphatic heterocycles. The van der Waals surface area contributed by atoms with Crippen LogP contribution in [0.1, 0.15) is 39.1 Å². The average Bonchev–Trinajstić information content (AvgIpc) is 3.17. The Hall–Kier alpha value is -2.95. The van der Waals surface area contributed by atoms with Gasteiger partial charge in [0.25, 0.3) is 11.8 Å². The van der Waals surface area contributed by atoms with Gasteiger partial charge in [-0.1, -0.05) is 42.5 Å². The highest BCUT2D eigenvalue weighted by Crippen LogP contribution is 2.31. The lowest BCUT2D eigenvalue weighted by atomic mass is 9.98. The molecule has 1 fully saturated rings. The van der Waals surface area contributed by atoms with E-state index in [4.69, 9.17) is 4.74 Å². The maximum Gasteiger partial charge on any atom is 0.306 e. The second-order valence-electron chi connectivity index (χ2n) is 6.35. The summed E-state index contributed by atoms with van der Waals surface area (Å²) in [5, 5.41) is 0. The fourth-order valence-electron chi connectivity index (χ4n) is 3.57. The number of cyclic esters (lactones) is 1. The van der Waals surface area contributed by atoms with E-state index < -0.39 is 12.1 Å². The van der Waals surface area contributed by atoms with Gasteiger partial charge >= 0.3 is 5.97 Å². The van der Waals surface area contributed by atoms with Crippen molar-refractivity contribution in [2.75, 3.05) is 0 Å². The molecule has 2 heterocycles. The highest BCUT2D eigenvalue weighted by molar-refractivity contribution is 6.21. The van der Waals surface area contributed by atoms with E-state index in [0.717, 1.165) is 5.56 Å². The molecule has 0 bridgehead atoms. The van der Waals surface area contributed by atoms with Gasteiger partial charge in [0.2, 0.25) is 0 Å². The molecule has 0 spiro atoms. The zero-order valence-electron chi connectivity index (χ0n) is 13.6. The standard InChI is InChI=1S/C20H17NO4/c22-18-11-10-17(25-18)16(12-13-6-2-1-3-7-13)21-19(23)14-8-4-5-9-15(14)20(21)24/h1-9,16-17H,10-12H2/t16-,17+/m0/s1. The van der Waals surface area contributed by atoms with Gasteiger partial charge in [-0.25, -0.2) is 0 Å². The summed E-state index contributed by atoms with van der Waals surface area (Å²) in [4.78, 5) is 38.6. The highest BCUT2D eigenvalue weighted by Gasteiger charge is 2.45. The van der Waals surface area contributed by atoms with Crippen molar-refractivity contribution in [3.63, 3.8) is 0 Å². The van der Waals surface area contributed by atoms with Gasteiger partial charge in [0.1, 0.15) is 6.10 Å². The van der Waals surface area contributed by atoms with Crippen molar-refractivity contribution in [3.8, 4) is 0 Å². The van der Waals surface area contributed by atoms with E-state index in [2.05, 4.69) is 0 Å². The first kappa shape index (κ1) is 15.6. The van der Waals surface area contributed by atoms with Crippen molar-refractivity contribution in [3.05, 3.63) is 71.3 Å². The summed E-state index contributed by atoms with van der Waals surface area (Å²) in [6, 6.07) is 15.9. The molecule has 2 aliphatic rings. The molecule has 0 radical (unpaired) electrons. The second-order valence-corrected chi connectivity index (χ2v) is 6.35. The van der Waals surface area contributed by atoms with Gasteiger partial charge in [-0.15, -0.1) is 0 Å². The third-order valence-corrected chi connectivity index (χ3v) is 4.79. The van der Waals surface area contributed by atoms with Crippen LogP contribution in [0.3, 0.4) is 0 Å². The minimum Gasteiger partial charge on any atom is -0.460 e. The predicted octanol–water partition coefficient (Wildman–Crippen LogP) is 2.60. The molecule has 5 heteroatoms. The average molecular weight is 335 g/mol. The summed E-state index contributed by atoms with van der Waals surface area (Å²) in [6.07, 6.45) is 0.836. The molecule has 2 aromatic carbocycles. The van der Waals surface area contributed by atoms with Gasteiger partial charge in [-0.2, -0.15) is 0 Å². The van der Waals surface area contributed by atoms with E-state index >= 15 is 0 Å². The summed E-state index contributed by atoms with van der Waals surface area (Å²) in [6.45, 7) is 0. The van der Waals surface area contributed by atoms with Gasteiger partial charge in [0, 0.05) is 6.42 Å². The number of esters is 1. The van der Waals surface area contributed by atoms with Crippen LogP contribution in [-0.4, -0.2) is 34.8 Å². The summed E-state index contributed by atoms with van der Waals surface area (Å²) in [5.74, 6) is -0.909. The van der Waals surface area contributed by atoms with Crippen molar-refractivity contribution in [2.45, 2.75) is 31.4 Å². The summed E-state index contributed by atoms with van der Waals surface area (Å²) in [5.41, 5.74) is 1.82. The zero-order valence-corrected chi connectivity index (χ0v) is 13.6. The van der Waals surface area contributed by atoms with Gasteiger partial charge in [0.15, 0.2) is 0 Å². The number of nitrogens with zero attached hydrogens (tertiary/aromatic N) is 1. The van der Waals surface area contributed by atoms with Crippen molar-refractivity contribution in [2.24, 2.45) is 0 Å². The van der Waals surface area contributed by atoms with E-state index in [1.807, 2.05) is 30.3 Å². The van der Waals surface area contributed by atoms with Crippen molar-refractivity contribution < 1.29 is 19.1 Å². The summed E-state index contributed by atoms with van der Waals surface area (Å²) >= 11 is 0. The van der Waals surface area contributed by atoms with E-state index in [9.17, 15) is 14.4 Å². The molecule has 126 valence electrons. The smallest absolute Gasteiger partial charge is 0.306 e. The molecular formula is C20H17NO4. The molecule has 0 saturated carbocycles. The fourth-order valence-corrected chi connectivity index (χ4v) is 3.57. The topological polar surface area (TPSA) is 63.7 Å². The lowest BCUT2D eigenvalue weighted by Crippen LogP contribution is -2.48. The summed E-state index contributed by atoms with van der Waals surface area (Å²) < 4.78 is 5.42. The lowest BCUT2D eigenvalue weighted by Gasteiger charge is -2.30. The Morgan fingerprint density at radius 3 is 2.08 bits per heavy atom. The Labute approximate surface area is 145 Å². The summed E-state index contributed by atoms with van der Waals surface area (Å²) in [7, 11) is 0. The van der Waals surface area contributed by atoms with Crippen LogP contribution in [0.2, 0.25) is 0 Å². The number of benzene rings is 2. The first-order valence-electron chi connectivity index (χ1n) is 8.35. The number of amides is 2. The maximum absolute atomic E-state index is 12.8. The van der Waals surface area contributed by atoms with Crippen LogP contribution in [0.4, 0.5) is 0 Å². The first-order valence-corrected chi connectivity index (χ1v) is 8.35. The van der Waals surface area contributed by atoms with E-state index in [1.54, 1.807) is 24.3 Å². The molecule has 2 atom stereocenters. The van der Waals surface area contributed by atoms with Crippen LogP contribution < -0.4 is 0 Å². The van der Waals surface area contributed by atoms with Crippen LogP contribution in [0.15, 0.2) is 54.6 Å². The zero-order chi connectivity index (χ0) is 17.4. The van der Waals surface area contributed by atoms with Crippen molar-refractivity contribution >= 4 is 17.8 Å². The number of hydrogen-bond donors (Lipinski definition) is 0. The quantitative estimate of drug-likeness (QED) is 0.636. The Bertz CT molecular complexity index is 811. The maximum atomic E-state index is 12.8. The Morgan fingerprint density at radius 2 is 1.52 bits per heavy atom. The van der Waals surface area contributed by atoms with Gasteiger partial charge in [-0.05, 0) is 30.5 Å². The molecular weight excluding hydrogens is 318 g/mol. The molecule has 1 saturated heterocycles. The minimum absolute atomic E-state index is 0.278. The third kappa shape index (κ3) is 2.71. The molecule has 0 unspecified atom stereocenters. The first-order chi connectivity index (χ1) is 12.1. The third-order valence-electron chi connectivity index (χ3n) is 4.79. The number of fused-ring (bicyclic) bond motifs is 1. The Kier molecular flexibility index (Phi) is 3.84. The Balaban J connectivity index is 1.70. The largest absolute Gasteiger partial charge is 0.460 e. The molecule has 2 aromatic rings. The van der Waals surface area contributed by atoms with Crippen LogP contribution in [0.5, 0.6) is 0 Å². The molecule has 0 N–H and O–H groups in total. The van der Waals surface area contributed by atoms with Crippen LogP contribution in [0.25, 0.3) is 0 Å². The molecule has 0 aromatic heterocycles. The molecule has 4 rings (SSSR count). The van der Waals surface area contributed by atoms with Gasteiger partial charge in [-0.3, -0.25) is 19.3 Å². The molecule has 2 amide bonds. The molecule has 5 nitrogen and oxygen atoms in total. The molecule has 25 heavy (non-hydrogen) atoms. The minimum atomic E-state index is -0.499. The number of rotatable bonds is 4. The number of ether oxygens (including phenoxy) is 1. The van der Waals surface area contributed by atoms with E-state index in [1.165, 1.54) is 4.90 Å². The normalized spacial score (nSPS) is 20.6. The van der Waals surface area contributed by atoms with E-state index in [-0.39, 0.29) is 17.8 Å². The number of carbonyl (C=O) groups excluding carboxylic acids is 3. The number of imide groups is 1. The highest BCUT2D eigenvalue weighted by atomic mass is 16.6. The van der Waals surface area contributed by atoms with Crippen LogP contribution in [-0.2, 0) is 16.0 Å². The Morgan fingerprint density at radius 1 is 0.920 bits per heavy atom. The van der Waals surface area contributed by atoms with Gasteiger partial charge in [0.05, 0.1) is 17.2 Å². The predicted molar refractivity (Wildman–Crippen MR) is 90.0 cm³/mol. The number of hydrogen-bond acceptors (Lipinski definition) is 4. The number of carbonyl (C=O) groups is 3. The van der Waals surface area contributed by atoms with E-state index in [0.29, 0.717) is 30.4 Å². The fraction of sp³-hybridized carbons (Fsp3) is 0.250. The van der Waals surface area contributed by atoms with Gasteiger partial charge < -0.3 is 4.74 Å². The van der Waals surface area contributed by atoms with Crippen LogP contribution in [0, 0.1) is 0 Å². The second kappa shape index (κ2) is 6.16. The van der Waals surface area contributed by atoms with Crippen LogP contribution >= 0.6 is 0 Å². The lowest BCUT2D eigenvalue weighted by molar-refractivity contribution is -0.143. The SMILES string of the molecule is O=C1CC[C@H]([C@H](Cc2ccccc2)N2C(=O)c3ccccc3C2=O)O1. The monoisotopic (exact) mass is 335 g/mol.